The number of ether oxygens (including phenoxy) is 4. The van der Waals surface area contributed by atoms with Gasteiger partial charge in [0.1, 0.15) is 0 Å². The van der Waals surface area contributed by atoms with E-state index >= 15 is 0 Å². The van der Waals surface area contributed by atoms with E-state index in [0.717, 1.165) is 22.6 Å². The van der Waals surface area contributed by atoms with Crippen LogP contribution in [0.2, 0.25) is 0 Å². The first kappa shape index (κ1) is 18.3. The highest BCUT2D eigenvalue weighted by Crippen LogP contribution is 2.32. The van der Waals surface area contributed by atoms with Crippen LogP contribution in [0, 0.1) is 0 Å². The van der Waals surface area contributed by atoms with Crippen molar-refractivity contribution in [3.63, 3.8) is 0 Å². The number of hydrazone groups is 1. The third kappa shape index (κ3) is 4.78. The van der Waals surface area contributed by atoms with Crippen LogP contribution in [0.15, 0.2) is 47.6 Å². The summed E-state index contributed by atoms with van der Waals surface area (Å²) >= 11 is 0. The number of allylic oxidation sites excluding steroid dienone is 1. The molecule has 1 aliphatic heterocycles. The van der Waals surface area contributed by atoms with E-state index in [0.29, 0.717) is 11.5 Å². The van der Waals surface area contributed by atoms with Gasteiger partial charge in [-0.2, -0.15) is 5.10 Å². The zero-order valence-corrected chi connectivity index (χ0v) is 15.1. The lowest BCUT2D eigenvalue weighted by Crippen LogP contribution is -2.19. The van der Waals surface area contributed by atoms with Gasteiger partial charge in [-0.25, -0.2) is 5.43 Å². The molecule has 27 heavy (non-hydrogen) atoms. The maximum atomic E-state index is 12.0. The summed E-state index contributed by atoms with van der Waals surface area (Å²) in [5.74, 6) is 2.43. The van der Waals surface area contributed by atoms with E-state index in [1.54, 1.807) is 32.4 Å². The van der Waals surface area contributed by atoms with Gasteiger partial charge < -0.3 is 18.9 Å². The number of amides is 1. The number of nitrogens with zero attached hydrogens (tertiary/aromatic N) is 1. The molecule has 0 aliphatic carbocycles. The number of carbonyl (C=O) groups is 1. The summed E-state index contributed by atoms with van der Waals surface area (Å²) < 4.78 is 21.0. The van der Waals surface area contributed by atoms with Crippen LogP contribution in [0.4, 0.5) is 0 Å². The van der Waals surface area contributed by atoms with Crippen LogP contribution >= 0.6 is 0 Å². The van der Waals surface area contributed by atoms with Crippen LogP contribution in [-0.2, 0) is 11.2 Å². The molecular weight excluding hydrogens is 348 g/mol. The molecular formula is C20H20N2O5. The highest BCUT2D eigenvalue weighted by atomic mass is 16.7. The fraction of sp³-hybridized carbons (Fsp3) is 0.200. The van der Waals surface area contributed by atoms with Gasteiger partial charge in [0.15, 0.2) is 23.0 Å². The number of carbonyl (C=O) groups excluding carboxylic acids is 1. The monoisotopic (exact) mass is 368 g/mol. The summed E-state index contributed by atoms with van der Waals surface area (Å²) in [6.45, 7) is 0.246. The first-order chi connectivity index (χ1) is 13.2. The second kappa shape index (κ2) is 8.75. The Bertz CT molecular complexity index is 877. The topological polar surface area (TPSA) is 78.4 Å². The number of fused-ring (bicyclic) bond motifs is 1. The SMILES string of the molecule is COc1ccc(CC(=O)N/N=C/C=C/c2ccc3c(c2)OCO3)cc1OC. The molecule has 0 aromatic heterocycles. The van der Waals surface area contributed by atoms with Crippen LogP contribution in [0.3, 0.4) is 0 Å². The normalized spacial score (nSPS) is 12.5. The Hall–Kier alpha value is -3.48. The van der Waals surface area contributed by atoms with Crippen molar-refractivity contribution in [2.45, 2.75) is 6.42 Å². The molecule has 0 atom stereocenters. The highest BCUT2D eigenvalue weighted by Gasteiger charge is 2.12. The van der Waals surface area contributed by atoms with Gasteiger partial charge in [-0.1, -0.05) is 18.2 Å². The lowest BCUT2D eigenvalue weighted by Gasteiger charge is -2.08. The Balaban J connectivity index is 1.50. The molecule has 7 heteroatoms. The molecule has 0 fully saturated rings. The highest BCUT2D eigenvalue weighted by molar-refractivity contribution is 5.82. The van der Waals surface area contributed by atoms with Crippen LogP contribution < -0.4 is 24.4 Å². The fourth-order valence-electron chi connectivity index (χ4n) is 2.54. The Morgan fingerprint density at radius 2 is 1.93 bits per heavy atom. The van der Waals surface area contributed by atoms with Crippen molar-refractivity contribution in [3.8, 4) is 23.0 Å². The predicted octanol–water partition coefficient (Wildman–Crippen LogP) is 2.79. The van der Waals surface area contributed by atoms with E-state index in [4.69, 9.17) is 18.9 Å². The molecule has 0 saturated heterocycles. The van der Waals surface area contributed by atoms with Crippen molar-refractivity contribution in [1.29, 1.82) is 0 Å². The third-order valence-electron chi connectivity index (χ3n) is 3.85. The van der Waals surface area contributed by atoms with Gasteiger partial charge >= 0.3 is 0 Å². The molecule has 1 aliphatic rings. The largest absolute Gasteiger partial charge is 0.493 e. The molecule has 1 N–H and O–H groups in total. The molecule has 0 spiro atoms. The molecule has 0 radical (unpaired) electrons. The van der Waals surface area contributed by atoms with E-state index in [-0.39, 0.29) is 19.1 Å². The Kier molecular flexibility index (Phi) is 5.94. The van der Waals surface area contributed by atoms with E-state index < -0.39 is 0 Å². The van der Waals surface area contributed by atoms with Crippen LogP contribution in [0.25, 0.3) is 6.08 Å². The molecule has 1 amide bonds. The van der Waals surface area contributed by atoms with Gasteiger partial charge in [-0.05, 0) is 41.5 Å². The maximum Gasteiger partial charge on any atom is 0.244 e. The minimum absolute atomic E-state index is 0.184. The first-order valence-corrected chi connectivity index (χ1v) is 8.28. The molecule has 140 valence electrons. The second-order valence-electron chi connectivity index (χ2n) is 5.65. The minimum Gasteiger partial charge on any atom is -0.493 e. The summed E-state index contributed by atoms with van der Waals surface area (Å²) in [4.78, 5) is 12.0. The number of hydrogen-bond donors (Lipinski definition) is 1. The fourth-order valence-corrected chi connectivity index (χ4v) is 2.54. The lowest BCUT2D eigenvalue weighted by molar-refractivity contribution is -0.120. The van der Waals surface area contributed by atoms with Gasteiger partial charge in [-0.15, -0.1) is 0 Å². The lowest BCUT2D eigenvalue weighted by atomic mass is 10.1. The van der Waals surface area contributed by atoms with Gasteiger partial charge in [0.25, 0.3) is 0 Å². The van der Waals surface area contributed by atoms with Crippen molar-refractivity contribution in [2.75, 3.05) is 21.0 Å². The van der Waals surface area contributed by atoms with Gasteiger partial charge in [0.2, 0.25) is 12.7 Å². The summed E-state index contributed by atoms with van der Waals surface area (Å²) in [7, 11) is 3.12. The zero-order valence-electron chi connectivity index (χ0n) is 15.1. The summed E-state index contributed by atoms with van der Waals surface area (Å²) in [5.41, 5.74) is 4.24. The van der Waals surface area contributed by atoms with E-state index in [1.807, 2.05) is 30.3 Å². The predicted molar refractivity (Wildman–Crippen MR) is 101 cm³/mol. The van der Waals surface area contributed by atoms with E-state index in [2.05, 4.69) is 10.5 Å². The molecule has 1 heterocycles. The average molecular weight is 368 g/mol. The molecule has 3 rings (SSSR count). The van der Waals surface area contributed by atoms with Crippen molar-refractivity contribution in [2.24, 2.45) is 5.10 Å². The van der Waals surface area contributed by atoms with Crippen molar-refractivity contribution in [3.05, 3.63) is 53.6 Å². The zero-order chi connectivity index (χ0) is 19.1. The van der Waals surface area contributed by atoms with Gasteiger partial charge in [-0.3, -0.25) is 4.79 Å². The van der Waals surface area contributed by atoms with Crippen molar-refractivity contribution in [1.82, 2.24) is 5.43 Å². The summed E-state index contributed by atoms with van der Waals surface area (Å²) in [6.07, 6.45) is 5.28. The number of nitrogens with one attached hydrogen (secondary N) is 1. The Morgan fingerprint density at radius 3 is 2.74 bits per heavy atom. The van der Waals surface area contributed by atoms with E-state index in [1.165, 1.54) is 6.21 Å². The van der Waals surface area contributed by atoms with Gasteiger partial charge in [0.05, 0.1) is 20.6 Å². The quantitative estimate of drug-likeness (QED) is 0.601. The average Bonchev–Trinajstić information content (AvgIpc) is 3.15. The molecule has 0 unspecified atom stereocenters. The number of methoxy groups -OCH3 is 2. The smallest absolute Gasteiger partial charge is 0.244 e. The summed E-state index contributed by atoms with van der Waals surface area (Å²) in [5, 5.41) is 3.91. The van der Waals surface area contributed by atoms with Crippen molar-refractivity contribution < 1.29 is 23.7 Å². The maximum absolute atomic E-state index is 12.0. The third-order valence-corrected chi connectivity index (χ3v) is 3.85. The molecule has 2 aromatic rings. The van der Waals surface area contributed by atoms with Crippen LogP contribution in [0.1, 0.15) is 11.1 Å². The standard InChI is InChI=1S/C20H20N2O5/c1-24-16-7-6-15(11-18(16)25-2)12-20(23)22-21-9-3-4-14-5-8-17-19(10-14)27-13-26-17/h3-11H,12-13H2,1-2H3,(H,22,23)/b4-3+,21-9+. The van der Waals surface area contributed by atoms with Gasteiger partial charge in [0, 0.05) is 6.21 Å². The second-order valence-corrected chi connectivity index (χ2v) is 5.65. The molecule has 7 nitrogen and oxygen atoms in total. The first-order valence-electron chi connectivity index (χ1n) is 8.28. The Morgan fingerprint density at radius 1 is 1.11 bits per heavy atom. The molecule has 0 saturated carbocycles. The van der Waals surface area contributed by atoms with Crippen molar-refractivity contribution >= 4 is 18.2 Å². The number of hydrogen-bond acceptors (Lipinski definition) is 6. The van der Waals surface area contributed by atoms with Crippen LogP contribution in [-0.4, -0.2) is 33.1 Å². The molecule has 0 bridgehead atoms. The number of benzene rings is 2. The number of rotatable bonds is 7. The summed E-state index contributed by atoms with van der Waals surface area (Å²) in [6, 6.07) is 11.0. The van der Waals surface area contributed by atoms with E-state index in [9.17, 15) is 4.79 Å². The minimum atomic E-state index is -0.227. The molecule has 2 aromatic carbocycles. The van der Waals surface area contributed by atoms with Crippen LogP contribution in [0.5, 0.6) is 23.0 Å². The Labute approximate surface area is 157 Å².